The van der Waals surface area contributed by atoms with Gasteiger partial charge >= 0.3 is 0 Å². The van der Waals surface area contributed by atoms with Gasteiger partial charge in [-0.1, -0.05) is 13.8 Å². The first-order chi connectivity index (χ1) is 9.02. The molecule has 0 unspecified atom stereocenters. The van der Waals surface area contributed by atoms with Crippen LogP contribution in [0, 0.1) is 3.57 Å². The van der Waals surface area contributed by atoms with Crippen molar-refractivity contribution in [3.05, 3.63) is 9.26 Å². The summed E-state index contributed by atoms with van der Waals surface area (Å²) in [4.78, 5) is 14.1. The molecule has 1 aromatic rings. The van der Waals surface area contributed by atoms with Crippen molar-refractivity contribution >= 4 is 34.4 Å². The number of hydrogen-bond acceptors (Lipinski definition) is 5. The fourth-order valence-electron chi connectivity index (χ4n) is 2.15. The quantitative estimate of drug-likeness (QED) is 0.819. The summed E-state index contributed by atoms with van der Waals surface area (Å²) in [5.41, 5.74) is 1.13. The minimum atomic E-state index is 0.410. The molecule has 0 aromatic carbocycles. The average Bonchev–Trinajstić information content (AvgIpc) is 2.39. The van der Waals surface area contributed by atoms with Gasteiger partial charge in [-0.2, -0.15) is 4.98 Å². The molecule has 0 bridgehead atoms. The van der Waals surface area contributed by atoms with Gasteiger partial charge in [-0.25, -0.2) is 4.98 Å². The molecule has 1 aromatic heterocycles. The molecule has 19 heavy (non-hydrogen) atoms. The van der Waals surface area contributed by atoms with E-state index in [-0.39, 0.29) is 0 Å². The molecule has 6 heteroatoms. The van der Waals surface area contributed by atoms with Crippen LogP contribution in [0.25, 0.3) is 0 Å². The number of anilines is 2. The van der Waals surface area contributed by atoms with Crippen molar-refractivity contribution in [3.8, 4) is 0 Å². The lowest BCUT2D eigenvalue weighted by Crippen LogP contribution is -2.45. The monoisotopic (exact) mass is 375 g/mol. The van der Waals surface area contributed by atoms with E-state index in [9.17, 15) is 0 Å². The maximum absolute atomic E-state index is 4.78. The molecule has 1 aliphatic rings. The summed E-state index contributed by atoms with van der Waals surface area (Å²) < 4.78 is 1.13. The molecule has 0 radical (unpaired) electrons. The molecular formula is C13H22IN5. The maximum Gasteiger partial charge on any atom is 0.227 e. The molecule has 1 fully saturated rings. The summed E-state index contributed by atoms with van der Waals surface area (Å²) in [7, 11) is 4.08. The van der Waals surface area contributed by atoms with Gasteiger partial charge in [0.1, 0.15) is 5.82 Å². The standard InChI is InChI=1S/C13H22IN5/c1-9(2)11-10(14)12(15-3)17-13(16-11)19-7-5-18(4)6-8-19/h9H,5-8H2,1-4H3,(H,15,16,17). The molecule has 5 nitrogen and oxygen atoms in total. The van der Waals surface area contributed by atoms with Crippen LogP contribution in [0.5, 0.6) is 0 Å². The highest BCUT2D eigenvalue weighted by atomic mass is 127. The molecule has 2 rings (SSSR count). The van der Waals surface area contributed by atoms with E-state index in [0.717, 1.165) is 47.2 Å². The second kappa shape index (κ2) is 6.21. The van der Waals surface area contributed by atoms with Crippen LogP contribution in [0.3, 0.4) is 0 Å². The summed E-state index contributed by atoms with van der Waals surface area (Å²) >= 11 is 2.33. The van der Waals surface area contributed by atoms with E-state index >= 15 is 0 Å². The predicted molar refractivity (Wildman–Crippen MR) is 88.1 cm³/mol. The highest BCUT2D eigenvalue weighted by Crippen LogP contribution is 2.27. The normalized spacial score (nSPS) is 17.1. The number of rotatable bonds is 3. The minimum Gasteiger partial charge on any atom is -0.372 e. The second-order valence-electron chi connectivity index (χ2n) is 5.27. The third kappa shape index (κ3) is 3.28. The summed E-state index contributed by atoms with van der Waals surface area (Å²) in [6.07, 6.45) is 0. The Labute approximate surface area is 128 Å². The average molecular weight is 375 g/mol. The smallest absolute Gasteiger partial charge is 0.227 e. The van der Waals surface area contributed by atoms with Crippen molar-refractivity contribution in [2.24, 2.45) is 0 Å². The van der Waals surface area contributed by atoms with E-state index in [2.05, 4.69) is 63.6 Å². The molecular weight excluding hydrogens is 353 g/mol. The van der Waals surface area contributed by atoms with E-state index in [0.29, 0.717) is 5.92 Å². The van der Waals surface area contributed by atoms with Gasteiger partial charge in [0.2, 0.25) is 5.95 Å². The van der Waals surface area contributed by atoms with Crippen molar-refractivity contribution in [1.82, 2.24) is 14.9 Å². The molecule has 0 saturated carbocycles. The Morgan fingerprint density at radius 3 is 2.32 bits per heavy atom. The fourth-order valence-corrected chi connectivity index (χ4v) is 3.28. The first-order valence-electron chi connectivity index (χ1n) is 6.71. The first-order valence-corrected chi connectivity index (χ1v) is 7.79. The van der Waals surface area contributed by atoms with E-state index in [4.69, 9.17) is 4.98 Å². The Hall–Kier alpha value is -0.630. The molecule has 0 aliphatic carbocycles. The van der Waals surface area contributed by atoms with Crippen molar-refractivity contribution in [3.63, 3.8) is 0 Å². The van der Waals surface area contributed by atoms with Gasteiger partial charge in [0, 0.05) is 33.2 Å². The number of nitrogens with one attached hydrogen (secondary N) is 1. The fraction of sp³-hybridized carbons (Fsp3) is 0.692. The number of piperazine rings is 1. The van der Waals surface area contributed by atoms with Gasteiger partial charge in [0.15, 0.2) is 0 Å². The van der Waals surface area contributed by atoms with Crippen LogP contribution < -0.4 is 10.2 Å². The van der Waals surface area contributed by atoms with Gasteiger partial charge in [0.25, 0.3) is 0 Å². The lowest BCUT2D eigenvalue weighted by atomic mass is 10.1. The highest BCUT2D eigenvalue weighted by molar-refractivity contribution is 14.1. The van der Waals surface area contributed by atoms with Crippen LogP contribution in [-0.2, 0) is 0 Å². The molecule has 0 spiro atoms. The van der Waals surface area contributed by atoms with Gasteiger partial charge in [-0.3, -0.25) is 0 Å². The Balaban J connectivity index is 2.32. The molecule has 0 atom stereocenters. The second-order valence-corrected chi connectivity index (χ2v) is 6.35. The number of nitrogens with zero attached hydrogens (tertiary/aromatic N) is 4. The summed E-state index contributed by atoms with van der Waals surface area (Å²) in [6, 6.07) is 0. The van der Waals surface area contributed by atoms with Crippen molar-refractivity contribution in [2.75, 3.05) is 50.5 Å². The Morgan fingerprint density at radius 1 is 1.16 bits per heavy atom. The minimum absolute atomic E-state index is 0.410. The van der Waals surface area contributed by atoms with E-state index < -0.39 is 0 Å². The van der Waals surface area contributed by atoms with Crippen molar-refractivity contribution in [1.29, 1.82) is 0 Å². The Morgan fingerprint density at radius 2 is 1.79 bits per heavy atom. The first kappa shape index (κ1) is 14.8. The highest BCUT2D eigenvalue weighted by Gasteiger charge is 2.20. The van der Waals surface area contributed by atoms with Gasteiger partial charge < -0.3 is 15.1 Å². The number of halogens is 1. The number of likely N-dealkylation sites (N-methyl/N-ethyl adjacent to an activating group) is 1. The van der Waals surface area contributed by atoms with Crippen molar-refractivity contribution < 1.29 is 0 Å². The SMILES string of the molecule is CNc1nc(N2CCN(C)CC2)nc(C(C)C)c1I. The van der Waals surface area contributed by atoms with Gasteiger partial charge in [-0.15, -0.1) is 0 Å². The van der Waals surface area contributed by atoms with Gasteiger partial charge in [-0.05, 0) is 35.6 Å². The van der Waals surface area contributed by atoms with E-state index in [1.165, 1.54) is 0 Å². The molecule has 1 saturated heterocycles. The number of aromatic nitrogens is 2. The van der Waals surface area contributed by atoms with Crippen LogP contribution in [-0.4, -0.2) is 55.1 Å². The predicted octanol–water partition coefficient (Wildman–Crippen LogP) is 2.00. The zero-order chi connectivity index (χ0) is 14.0. The molecule has 1 N–H and O–H groups in total. The Bertz CT molecular complexity index is 441. The van der Waals surface area contributed by atoms with Crippen LogP contribution in [0.15, 0.2) is 0 Å². The third-order valence-electron chi connectivity index (χ3n) is 3.43. The van der Waals surface area contributed by atoms with Gasteiger partial charge in [0.05, 0.1) is 9.26 Å². The molecule has 2 heterocycles. The molecule has 0 amide bonds. The van der Waals surface area contributed by atoms with Crippen LogP contribution in [0.1, 0.15) is 25.5 Å². The van der Waals surface area contributed by atoms with E-state index in [1.807, 2.05) is 7.05 Å². The van der Waals surface area contributed by atoms with E-state index in [1.54, 1.807) is 0 Å². The largest absolute Gasteiger partial charge is 0.372 e. The van der Waals surface area contributed by atoms with Crippen LogP contribution >= 0.6 is 22.6 Å². The van der Waals surface area contributed by atoms with Crippen molar-refractivity contribution in [2.45, 2.75) is 19.8 Å². The topological polar surface area (TPSA) is 44.3 Å². The lowest BCUT2D eigenvalue weighted by molar-refractivity contribution is 0.311. The zero-order valence-electron chi connectivity index (χ0n) is 12.1. The van der Waals surface area contributed by atoms with Crippen LogP contribution in [0.4, 0.5) is 11.8 Å². The third-order valence-corrected chi connectivity index (χ3v) is 4.50. The molecule has 1 aliphatic heterocycles. The zero-order valence-corrected chi connectivity index (χ0v) is 14.2. The number of hydrogen-bond donors (Lipinski definition) is 1. The molecule has 106 valence electrons. The Kier molecular flexibility index (Phi) is 4.83. The summed E-state index contributed by atoms with van der Waals surface area (Å²) in [5.74, 6) is 2.21. The summed E-state index contributed by atoms with van der Waals surface area (Å²) in [5, 5.41) is 3.18. The maximum atomic E-state index is 4.78. The van der Waals surface area contributed by atoms with Crippen LogP contribution in [0.2, 0.25) is 0 Å². The lowest BCUT2D eigenvalue weighted by Gasteiger charge is -2.33. The summed E-state index contributed by atoms with van der Waals surface area (Å²) in [6.45, 7) is 8.49.